The Morgan fingerprint density at radius 1 is 1.00 bits per heavy atom. The highest BCUT2D eigenvalue weighted by Crippen LogP contribution is 2.30. The number of piperidine rings is 1. The number of hydrogen-bond acceptors (Lipinski definition) is 3. The van der Waals surface area contributed by atoms with E-state index < -0.39 is 0 Å². The second kappa shape index (κ2) is 10.3. The number of ether oxygens (including phenoxy) is 1. The Hall–Kier alpha value is -1.84. The standard InChI is InChI=1S/C26H36N2O/c1-29-26-12-11-23-10-9-21(18-24(23)19-26)8-5-15-27-25-13-16-28(17-14-25)20-22-6-3-2-4-7-22/h2-4,6-7,11-12,19,21,25,27H,5,8-10,13-18,20H2,1H3. The molecule has 29 heavy (non-hydrogen) atoms. The number of rotatable bonds is 8. The highest BCUT2D eigenvalue weighted by molar-refractivity contribution is 5.37. The molecule has 1 fully saturated rings. The van der Waals surface area contributed by atoms with Crippen molar-refractivity contribution in [2.24, 2.45) is 5.92 Å². The van der Waals surface area contributed by atoms with Crippen molar-refractivity contribution in [2.45, 2.75) is 57.5 Å². The van der Waals surface area contributed by atoms with Gasteiger partial charge in [-0.15, -0.1) is 0 Å². The van der Waals surface area contributed by atoms with E-state index in [9.17, 15) is 0 Å². The molecule has 2 aliphatic rings. The number of likely N-dealkylation sites (tertiary alicyclic amines) is 1. The summed E-state index contributed by atoms with van der Waals surface area (Å²) in [5.74, 6) is 1.84. The summed E-state index contributed by atoms with van der Waals surface area (Å²) in [6, 6.07) is 18.2. The SMILES string of the molecule is COc1ccc2c(c1)CC(CCCNC1CCN(Cc3ccccc3)CC1)CC2. The third-order valence-electron chi connectivity index (χ3n) is 6.80. The lowest BCUT2D eigenvalue weighted by Gasteiger charge is -2.32. The Morgan fingerprint density at radius 2 is 1.83 bits per heavy atom. The summed E-state index contributed by atoms with van der Waals surface area (Å²) < 4.78 is 5.41. The van der Waals surface area contributed by atoms with E-state index in [-0.39, 0.29) is 0 Å². The number of benzene rings is 2. The molecule has 156 valence electrons. The van der Waals surface area contributed by atoms with Crippen LogP contribution in [0, 0.1) is 5.92 Å². The van der Waals surface area contributed by atoms with Gasteiger partial charge in [-0.1, -0.05) is 36.4 Å². The number of methoxy groups -OCH3 is 1. The molecule has 3 heteroatoms. The van der Waals surface area contributed by atoms with Gasteiger partial charge < -0.3 is 10.1 Å². The van der Waals surface area contributed by atoms with Gasteiger partial charge in [-0.25, -0.2) is 0 Å². The van der Waals surface area contributed by atoms with E-state index in [0.29, 0.717) is 6.04 Å². The molecule has 2 aromatic carbocycles. The molecule has 1 atom stereocenters. The topological polar surface area (TPSA) is 24.5 Å². The van der Waals surface area contributed by atoms with Crippen LogP contribution in [0.1, 0.15) is 48.8 Å². The van der Waals surface area contributed by atoms with Crippen LogP contribution in [0.4, 0.5) is 0 Å². The quantitative estimate of drug-likeness (QED) is 0.651. The number of fused-ring (bicyclic) bond motifs is 1. The van der Waals surface area contributed by atoms with Crippen LogP contribution in [0.5, 0.6) is 5.75 Å². The molecule has 0 aromatic heterocycles. The third-order valence-corrected chi connectivity index (χ3v) is 6.80. The molecule has 0 spiro atoms. The van der Waals surface area contributed by atoms with Gasteiger partial charge in [0.05, 0.1) is 7.11 Å². The molecule has 0 saturated carbocycles. The van der Waals surface area contributed by atoms with E-state index in [2.05, 4.69) is 58.7 Å². The van der Waals surface area contributed by atoms with Gasteiger partial charge in [0.25, 0.3) is 0 Å². The maximum atomic E-state index is 5.41. The number of nitrogens with zero attached hydrogens (tertiary/aromatic N) is 1. The van der Waals surface area contributed by atoms with Crippen LogP contribution in [0.3, 0.4) is 0 Å². The Kier molecular flexibility index (Phi) is 7.23. The second-order valence-electron chi connectivity index (χ2n) is 8.88. The van der Waals surface area contributed by atoms with Crippen molar-refractivity contribution < 1.29 is 4.74 Å². The molecule has 0 amide bonds. The number of aryl methyl sites for hydroxylation is 1. The van der Waals surface area contributed by atoms with Gasteiger partial charge in [-0.3, -0.25) is 4.90 Å². The van der Waals surface area contributed by atoms with E-state index in [1.807, 2.05) is 0 Å². The molecule has 4 rings (SSSR count). The summed E-state index contributed by atoms with van der Waals surface area (Å²) in [4.78, 5) is 2.60. The highest BCUT2D eigenvalue weighted by atomic mass is 16.5. The predicted molar refractivity (Wildman–Crippen MR) is 120 cm³/mol. The lowest BCUT2D eigenvalue weighted by atomic mass is 9.81. The highest BCUT2D eigenvalue weighted by Gasteiger charge is 2.20. The van der Waals surface area contributed by atoms with Crippen molar-refractivity contribution >= 4 is 0 Å². The van der Waals surface area contributed by atoms with Crippen molar-refractivity contribution in [3.05, 3.63) is 65.2 Å². The van der Waals surface area contributed by atoms with Crippen LogP contribution in [-0.2, 0) is 19.4 Å². The maximum Gasteiger partial charge on any atom is 0.119 e. The summed E-state index contributed by atoms with van der Waals surface area (Å²) in [6.45, 7) is 4.70. The van der Waals surface area contributed by atoms with E-state index in [4.69, 9.17) is 4.74 Å². The molecule has 1 saturated heterocycles. The Bertz CT molecular complexity index is 753. The molecule has 0 radical (unpaired) electrons. The zero-order valence-electron chi connectivity index (χ0n) is 17.9. The smallest absolute Gasteiger partial charge is 0.119 e. The summed E-state index contributed by atoms with van der Waals surface area (Å²) in [5, 5.41) is 3.84. The maximum absolute atomic E-state index is 5.41. The molecule has 3 nitrogen and oxygen atoms in total. The van der Waals surface area contributed by atoms with Crippen LogP contribution in [0.25, 0.3) is 0 Å². The van der Waals surface area contributed by atoms with Gasteiger partial charge in [0.1, 0.15) is 5.75 Å². The first kappa shape index (κ1) is 20.4. The van der Waals surface area contributed by atoms with Gasteiger partial charge >= 0.3 is 0 Å². The van der Waals surface area contributed by atoms with E-state index in [1.54, 1.807) is 7.11 Å². The fraction of sp³-hybridized carbons (Fsp3) is 0.538. The predicted octanol–water partition coefficient (Wildman–Crippen LogP) is 4.83. The van der Waals surface area contributed by atoms with Gasteiger partial charge in [-0.2, -0.15) is 0 Å². The number of hydrogen-bond donors (Lipinski definition) is 1. The van der Waals surface area contributed by atoms with E-state index in [0.717, 1.165) is 18.2 Å². The minimum atomic E-state index is 0.707. The van der Waals surface area contributed by atoms with Gasteiger partial charge in [-0.05, 0) is 99.3 Å². The molecule has 1 aliphatic heterocycles. The van der Waals surface area contributed by atoms with Crippen molar-refractivity contribution in [1.82, 2.24) is 10.2 Å². The van der Waals surface area contributed by atoms with Gasteiger partial charge in [0.15, 0.2) is 0 Å². The summed E-state index contributed by atoms with van der Waals surface area (Å²) in [5.41, 5.74) is 4.48. The first-order valence-electron chi connectivity index (χ1n) is 11.5. The summed E-state index contributed by atoms with van der Waals surface area (Å²) in [7, 11) is 1.76. The molecule has 1 heterocycles. The van der Waals surface area contributed by atoms with E-state index in [1.165, 1.54) is 81.3 Å². The molecule has 1 unspecified atom stereocenters. The molecule has 1 N–H and O–H groups in total. The molecular weight excluding hydrogens is 356 g/mol. The summed E-state index contributed by atoms with van der Waals surface area (Å²) >= 11 is 0. The Balaban J connectivity index is 1.12. The zero-order valence-corrected chi connectivity index (χ0v) is 17.9. The zero-order chi connectivity index (χ0) is 19.9. The van der Waals surface area contributed by atoms with Crippen molar-refractivity contribution in [3.63, 3.8) is 0 Å². The molecule has 1 aliphatic carbocycles. The first-order valence-corrected chi connectivity index (χ1v) is 11.5. The lowest BCUT2D eigenvalue weighted by Crippen LogP contribution is -2.42. The van der Waals surface area contributed by atoms with Crippen molar-refractivity contribution in [2.75, 3.05) is 26.7 Å². The van der Waals surface area contributed by atoms with Gasteiger partial charge in [0, 0.05) is 12.6 Å². The van der Waals surface area contributed by atoms with Crippen LogP contribution in [-0.4, -0.2) is 37.7 Å². The molecular formula is C26H36N2O. The minimum Gasteiger partial charge on any atom is -0.497 e. The van der Waals surface area contributed by atoms with Crippen LogP contribution >= 0.6 is 0 Å². The van der Waals surface area contributed by atoms with Crippen LogP contribution < -0.4 is 10.1 Å². The number of nitrogens with one attached hydrogen (secondary N) is 1. The van der Waals surface area contributed by atoms with Gasteiger partial charge in [0.2, 0.25) is 0 Å². The Morgan fingerprint density at radius 3 is 2.62 bits per heavy atom. The average molecular weight is 393 g/mol. The van der Waals surface area contributed by atoms with Crippen LogP contribution in [0.15, 0.2) is 48.5 Å². The Labute approximate surface area is 176 Å². The average Bonchev–Trinajstić information content (AvgIpc) is 2.78. The fourth-order valence-corrected chi connectivity index (χ4v) is 5.02. The largest absolute Gasteiger partial charge is 0.497 e. The van der Waals surface area contributed by atoms with Crippen LogP contribution in [0.2, 0.25) is 0 Å². The first-order chi connectivity index (χ1) is 14.3. The summed E-state index contributed by atoms with van der Waals surface area (Å²) in [6.07, 6.45) is 9.01. The molecule has 2 aromatic rings. The molecule has 0 bridgehead atoms. The van der Waals surface area contributed by atoms with E-state index >= 15 is 0 Å². The normalized spacial score (nSPS) is 20.4. The van der Waals surface area contributed by atoms with Crippen molar-refractivity contribution in [3.8, 4) is 5.75 Å². The monoisotopic (exact) mass is 392 g/mol. The fourth-order valence-electron chi connectivity index (χ4n) is 5.02. The third kappa shape index (κ3) is 5.83. The second-order valence-corrected chi connectivity index (χ2v) is 8.88. The van der Waals surface area contributed by atoms with Crippen molar-refractivity contribution in [1.29, 1.82) is 0 Å². The minimum absolute atomic E-state index is 0.707. The lowest BCUT2D eigenvalue weighted by molar-refractivity contribution is 0.190.